The fourth-order valence-corrected chi connectivity index (χ4v) is 6.12. The SMILES string of the molecule is CC(C)(C)OC(=O)N(c1cscn1)S(=O)(=O)c1cc2c(cc1F)C(N1CCCCC1)CCO2. The van der Waals surface area contributed by atoms with E-state index in [9.17, 15) is 13.2 Å². The zero-order valence-corrected chi connectivity index (χ0v) is 20.5. The number of likely N-dealkylation sites (tertiary alicyclic amines) is 1. The van der Waals surface area contributed by atoms with Crippen molar-refractivity contribution in [1.82, 2.24) is 9.88 Å². The van der Waals surface area contributed by atoms with Gasteiger partial charge in [-0.3, -0.25) is 4.90 Å². The molecule has 1 aromatic heterocycles. The number of ether oxygens (including phenoxy) is 2. The largest absolute Gasteiger partial charge is 0.493 e. The molecule has 0 spiro atoms. The molecule has 4 rings (SSSR count). The van der Waals surface area contributed by atoms with Crippen molar-refractivity contribution < 1.29 is 27.1 Å². The number of nitrogens with zero attached hydrogens (tertiary/aromatic N) is 3. The number of sulfonamides is 1. The third-order valence-electron chi connectivity index (χ3n) is 5.61. The maximum Gasteiger partial charge on any atom is 0.430 e. The molecule has 0 saturated carbocycles. The fraction of sp³-hybridized carbons (Fsp3) is 0.545. The Morgan fingerprint density at radius 1 is 1.27 bits per heavy atom. The molecular weight excluding hydrogens is 469 g/mol. The summed E-state index contributed by atoms with van der Waals surface area (Å²) in [7, 11) is -4.67. The number of carbonyl (C=O) groups is 1. The lowest BCUT2D eigenvalue weighted by atomic mass is 9.96. The monoisotopic (exact) mass is 497 g/mol. The summed E-state index contributed by atoms with van der Waals surface area (Å²) in [6, 6.07) is 2.38. The summed E-state index contributed by atoms with van der Waals surface area (Å²) >= 11 is 1.11. The van der Waals surface area contributed by atoms with Gasteiger partial charge >= 0.3 is 6.09 Å². The number of fused-ring (bicyclic) bond motifs is 1. The lowest BCUT2D eigenvalue weighted by Crippen LogP contribution is -2.41. The van der Waals surface area contributed by atoms with Gasteiger partial charge in [0.25, 0.3) is 10.0 Å². The number of amides is 1. The Kier molecular flexibility index (Phi) is 6.66. The van der Waals surface area contributed by atoms with Gasteiger partial charge in [-0.15, -0.1) is 15.6 Å². The lowest BCUT2D eigenvalue weighted by molar-refractivity contribution is 0.0608. The van der Waals surface area contributed by atoms with Crippen LogP contribution in [0.3, 0.4) is 0 Å². The van der Waals surface area contributed by atoms with Crippen molar-refractivity contribution in [3.8, 4) is 5.75 Å². The second-order valence-electron chi connectivity index (χ2n) is 9.17. The van der Waals surface area contributed by atoms with Crippen LogP contribution in [0.15, 0.2) is 27.9 Å². The molecule has 0 bridgehead atoms. The molecule has 3 heterocycles. The first-order chi connectivity index (χ1) is 15.6. The Bertz CT molecular complexity index is 1110. The van der Waals surface area contributed by atoms with Crippen LogP contribution in [-0.4, -0.2) is 49.7 Å². The molecule has 0 radical (unpaired) electrons. The highest BCUT2D eigenvalue weighted by molar-refractivity contribution is 7.93. The van der Waals surface area contributed by atoms with Crippen LogP contribution in [0.5, 0.6) is 5.75 Å². The predicted molar refractivity (Wildman–Crippen MR) is 123 cm³/mol. The van der Waals surface area contributed by atoms with Gasteiger partial charge in [0.05, 0.1) is 12.1 Å². The molecule has 11 heteroatoms. The first-order valence-corrected chi connectivity index (χ1v) is 13.3. The van der Waals surface area contributed by atoms with Crippen molar-refractivity contribution in [2.24, 2.45) is 0 Å². The van der Waals surface area contributed by atoms with Gasteiger partial charge < -0.3 is 9.47 Å². The number of piperidine rings is 1. The van der Waals surface area contributed by atoms with Crippen LogP contribution < -0.4 is 9.04 Å². The van der Waals surface area contributed by atoms with Crippen molar-refractivity contribution in [3.63, 3.8) is 0 Å². The van der Waals surface area contributed by atoms with E-state index in [4.69, 9.17) is 9.47 Å². The van der Waals surface area contributed by atoms with Gasteiger partial charge in [-0.1, -0.05) is 6.42 Å². The summed E-state index contributed by atoms with van der Waals surface area (Å²) in [4.78, 5) is 18.5. The number of carbonyl (C=O) groups excluding carboxylic acids is 1. The lowest BCUT2D eigenvalue weighted by Gasteiger charge is -2.38. The quantitative estimate of drug-likeness (QED) is 0.604. The van der Waals surface area contributed by atoms with Gasteiger partial charge in [-0.2, -0.15) is 0 Å². The second kappa shape index (κ2) is 9.19. The second-order valence-corrected chi connectivity index (χ2v) is 11.6. The van der Waals surface area contributed by atoms with Crippen LogP contribution in [0, 0.1) is 5.82 Å². The van der Waals surface area contributed by atoms with E-state index in [1.54, 1.807) is 20.8 Å². The van der Waals surface area contributed by atoms with Crippen molar-refractivity contribution >= 4 is 33.3 Å². The molecule has 33 heavy (non-hydrogen) atoms. The third kappa shape index (κ3) is 4.99. The number of aromatic nitrogens is 1. The van der Waals surface area contributed by atoms with E-state index in [1.165, 1.54) is 29.4 Å². The number of hydrogen-bond donors (Lipinski definition) is 0. The van der Waals surface area contributed by atoms with Crippen LogP contribution >= 0.6 is 11.3 Å². The van der Waals surface area contributed by atoms with Crippen LogP contribution in [0.4, 0.5) is 15.0 Å². The number of thiazole rings is 1. The Morgan fingerprint density at radius 3 is 2.64 bits per heavy atom. The minimum absolute atomic E-state index is 0.0270. The minimum Gasteiger partial charge on any atom is -0.493 e. The van der Waals surface area contributed by atoms with Crippen molar-refractivity contribution in [2.75, 3.05) is 24.0 Å². The van der Waals surface area contributed by atoms with Crippen LogP contribution in [0.1, 0.15) is 58.1 Å². The van der Waals surface area contributed by atoms with E-state index in [2.05, 4.69) is 9.88 Å². The van der Waals surface area contributed by atoms with Crippen molar-refractivity contribution in [2.45, 2.75) is 63.0 Å². The standard InChI is InChI=1S/C22H28FN3O5S2/c1-22(2,3)31-21(27)26(20-13-32-14-24-20)33(28,29)19-12-18-15(11-16(19)23)17(7-10-30-18)25-8-5-4-6-9-25/h11-14,17H,4-10H2,1-3H3. The molecule has 1 atom stereocenters. The number of benzene rings is 1. The Balaban J connectivity index is 1.74. The predicted octanol–water partition coefficient (Wildman–Crippen LogP) is 4.72. The summed E-state index contributed by atoms with van der Waals surface area (Å²) in [5, 5.41) is 1.39. The summed E-state index contributed by atoms with van der Waals surface area (Å²) in [6.45, 7) is 7.09. The molecule has 1 fully saturated rings. The fourth-order valence-electron chi connectivity index (χ4n) is 4.20. The molecule has 1 aromatic carbocycles. The Hall–Kier alpha value is -2.24. The maximum atomic E-state index is 15.4. The summed E-state index contributed by atoms with van der Waals surface area (Å²) < 4.78 is 53.9. The van der Waals surface area contributed by atoms with Gasteiger partial charge in [0.1, 0.15) is 22.1 Å². The average molecular weight is 498 g/mol. The van der Waals surface area contributed by atoms with E-state index in [0.717, 1.165) is 37.3 Å². The Labute approximate surface area is 197 Å². The number of halogens is 1. The third-order valence-corrected chi connectivity index (χ3v) is 7.87. The first-order valence-electron chi connectivity index (χ1n) is 10.9. The maximum absolute atomic E-state index is 15.4. The molecule has 1 amide bonds. The summed E-state index contributed by atoms with van der Waals surface area (Å²) in [5.74, 6) is -0.775. The molecule has 2 aromatic rings. The molecule has 2 aliphatic heterocycles. The van der Waals surface area contributed by atoms with E-state index in [1.807, 2.05) is 0 Å². The van der Waals surface area contributed by atoms with E-state index >= 15 is 4.39 Å². The van der Waals surface area contributed by atoms with E-state index in [0.29, 0.717) is 28.6 Å². The number of rotatable bonds is 4. The Morgan fingerprint density at radius 2 is 2.00 bits per heavy atom. The highest BCUT2D eigenvalue weighted by Crippen LogP contribution is 2.40. The van der Waals surface area contributed by atoms with Gasteiger partial charge in [0.2, 0.25) is 0 Å². The van der Waals surface area contributed by atoms with Crippen molar-refractivity contribution in [1.29, 1.82) is 0 Å². The average Bonchev–Trinajstić information content (AvgIpc) is 3.26. The number of hydrogen-bond acceptors (Lipinski definition) is 8. The number of anilines is 1. The highest BCUT2D eigenvalue weighted by atomic mass is 32.2. The van der Waals surface area contributed by atoms with E-state index in [-0.39, 0.29) is 11.9 Å². The highest BCUT2D eigenvalue weighted by Gasteiger charge is 2.39. The molecule has 0 aliphatic carbocycles. The molecule has 180 valence electrons. The van der Waals surface area contributed by atoms with Crippen LogP contribution in [0.25, 0.3) is 0 Å². The molecule has 2 aliphatic rings. The smallest absolute Gasteiger partial charge is 0.430 e. The van der Waals surface area contributed by atoms with Crippen LogP contribution in [0.2, 0.25) is 0 Å². The molecule has 0 N–H and O–H groups in total. The van der Waals surface area contributed by atoms with E-state index < -0.39 is 32.4 Å². The summed E-state index contributed by atoms with van der Waals surface area (Å²) in [5.41, 5.74) is 1.06. The van der Waals surface area contributed by atoms with Gasteiger partial charge in [-0.05, 0) is 52.8 Å². The normalized spacial score (nSPS) is 19.5. The zero-order chi connectivity index (χ0) is 23.8. The minimum atomic E-state index is -4.67. The summed E-state index contributed by atoms with van der Waals surface area (Å²) in [6.07, 6.45) is 2.90. The van der Waals surface area contributed by atoms with Gasteiger partial charge in [0, 0.05) is 29.5 Å². The van der Waals surface area contributed by atoms with Crippen LogP contribution in [-0.2, 0) is 14.8 Å². The molecular formula is C22H28FN3O5S2. The molecule has 1 saturated heterocycles. The molecule has 8 nitrogen and oxygen atoms in total. The van der Waals surface area contributed by atoms with Gasteiger partial charge in [-0.25, -0.2) is 22.6 Å². The molecule has 1 unspecified atom stereocenters. The first kappa shape index (κ1) is 23.9. The zero-order valence-electron chi connectivity index (χ0n) is 18.9. The topological polar surface area (TPSA) is 89.0 Å². The van der Waals surface area contributed by atoms with Crippen molar-refractivity contribution in [3.05, 3.63) is 34.4 Å². The van der Waals surface area contributed by atoms with Gasteiger partial charge in [0.15, 0.2) is 5.82 Å².